The summed E-state index contributed by atoms with van der Waals surface area (Å²) in [7, 11) is -2.39. The molecular weight excluding hydrogens is 455 g/mol. The Morgan fingerprint density at radius 3 is 2.59 bits per heavy atom. The molecule has 0 saturated carbocycles. The van der Waals surface area contributed by atoms with E-state index in [9.17, 15) is 12.8 Å². The second-order valence-corrected chi connectivity index (χ2v) is 9.27. The Morgan fingerprint density at radius 1 is 1.06 bits per heavy atom. The molecule has 0 fully saturated rings. The number of oxazole rings is 1. The number of sulfonamides is 1. The van der Waals surface area contributed by atoms with Gasteiger partial charge < -0.3 is 13.9 Å². The van der Waals surface area contributed by atoms with Crippen molar-refractivity contribution in [3.63, 3.8) is 0 Å². The number of para-hydroxylation sites is 3. The maximum Gasteiger partial charge on any atom is 0.262 e. The van der Waals surface area contributed by atoms with Crippen molar-refractivity contribution in [2.24, 2.45) is 0 Å². The number of thioether (sulfide) groups is 1. The Balaban J connectivity index is 1.43. The molecule has 32 heavy (non-hydrogen) atoms. The number of fused-ring (bicyclic) bond motifs is 1. The monoisotopic (exact) mass is 474 g/mol. The van der Waals surface area contributed by atoms with Crippen molar-refractivity contribution in [1.82, 2.24) is 4.98 Å². The first-order valence-corrected chi connectivity index (χ1v) is 12.0. The molecule has 0 aliphatic carbocycles. The average Bonchev–Trinajstić information content (AvgIpc) is 3.20. The number of anilines is 1. The van der Waals surface area contributed by atoms with Gasteiger partial charge in [0.05, 0.1) is 24.3 Å². The van der Waals surface area contributed by atoms with E-state index in [0.717, 1.165) is 0 Å². The van der Waals surface area contributed by atoms with Gasteiger partial charge in [-0.3, -0.25) is 4.72 Å². The van der Waals surface area contributed by atoms with Crippen molar-refractivity contribution in [1.29, 1.82) is 0 Å². The summed E-state index contributed by atoms with van der Waals surface area (Å²) >= 11 is 1.29. The van der Waals surface area contributed by atoms with Crippen molar-refractivity contribution in [2.45, 2.75) is 10.1 Å². The smallest absolute Gasteiger partial charge is 0.262 e. The molecule has 1 N–H and O–H groups in total. The van der Waals surface area contributed by atoms with E-state index >= 15 is 0 Å². The molecular formula is C22H19FN2O5S2. The first kappa shape index (κ1) is 22.0. The maximum atomic E-state index is 13.6. The molecule has 0 saturated heterocycles. The van der Waals surface area contributed by atoms with Crippen LogP contribution in [0.3, 0.4) is 0 Å². The zero-order chi connectivity index (χ0) is 22.6. The molecule has 0 unspecified atom stereocenters. The van der Waals surface area contributed by atoms with Gasteiger partial charge >= 0.3 is 0 Å². The quantitative estimate of drug-likeness (QED) is 0.271. The van der Waals surface area contributed by atoms with Crippen LogP contribution in [0.2, 0.25) is 0 Å². The van der Waals surface area contributed by atoms with E-state index in [1.165, 1.54) is 37.1 Å². The molecule has 0 amide bonds. The number of hydrogen-bond acceptors (Lipinski definition) is 7. The van der Waals surface area contributed by atoms with Crippen LogP contribution in [0.1, 0.15) is 0 Å². The maximum absolute atomic E-state index is 13.6. The highest BCUT2D eigenvalue weighted by Crippen LogP contribution is 2.29. The minimum atomic E-state index is -3.86. The predicted molar refractivity (Wildman–Crippen MR) is 120 cm³/mol. The molecule has 7 nitrogen and oxygen atoms in total. The van der Waals surface area contributed by atoms with Crippen molar-refractivity contribution in [2.75, 3.05) is 24.2 Å². The van der Waals surface area contributed by atoms with E-state index < -0.39 is 15.8 Å². The minimum absolute atomic E-state index is 0.0450. The van der Waals surface area contributed by atoms with Gasteiger partial charge in [-0.15, -0.1) is 0 Å². The number of nitrogens with one attached hydrogen (secondary N) is 1. The number of ether oxygens (including phenoxy) is 2. The normalized spacial score (nSPS) is 11.4. The molecule has 0 spiro atoms. The Morgan fingerprint density at radius 2 is 1.81 bits per heavy atom. The highest BCUT2D eigenvalue weighted by atomic mass is 32.2. The van der Waals surface area contributed by atoms with Crippen molar-refractivity contribution >= 4 is 38.6 Å². The van der Waals surface area contributed by atoms with Crippen LogP contribution in [0.15, 0.2) is 81.3 Å². The molecule has 0 aliphatic heterocycles. The molecule has 4 aromatic rings. The minimum Gasteiger partial charge on any atom is -0.495 e. The third kappa shape index (κ3) is 4.97. The second kappa shape index (κ2) is 9.49. The standard InChI is InChI=1S/C22H19FN2O5S2/c1-28-20-9-5-3-7-17(20)25-32(26,27)15-10-11-21-18(14-15)24-22(30-21)31-13-12-29-19-8-4-2-6-16(19)23/h2-11,14,25H,12-13H2,1H3. The molecule has 0 aliphatic rings. The van der Waals surface area contributed by atoms with E-state index in [2.05, 4.69) is 9.71 Å². The Labute approximate surface area is 188 Å². The van der Waals surface area contributed by atoms with Gasteiger partial charge in [0.15, 0.2) is 17.1 Å². The first-order chi connectivity index (χ1) is 15.5. The van der Waals surface area contributed by atoms with Crippen molar-refractivity contribution in [3.05, 3.63) is 72.5 Å². The van der Waals surface area contributed by atoms with Crippen LogP contribution in [0, 0.1) is 5.82 Å². The lowest BCUT2D eigenvalue weighted by atomic mass is 10.3. The van der Waals surface area contributed by atoms with Crippen LogP contribution in [-0.4, -0.2) is 32.9 Å². The molecule has 10 heteroatoms. The van der Waals surface area contributed by atoms with Gasteiger partial charge in [0.2, 0.25) is 0 Å². The third-order valence-electron chi connectivity index (χ3n) is 4.40. The summed E-state index contributed by atoms with van der Waals surface area (Å²) in [5.74, 6) is 0.648. The zero-order valence-electron chi connectivity index (χ0n) is 16.9. The largest absolute Gasteiger partial charge is 0.495 e. The topological polar surface area (TPSA) is 90.7 Å². The highest BCUT2D eigenvalue weighted by Gasteiger charge is 2.18. The van der Waals surface area contributed by atoms with E-state index in [-0.39, 0.29) is 17.3 Å². The van der Waals surface area contributed by atoms with Gasteiger partial charge in [-0.2, -0.15) is 0 Å². The van der Waals surface area contributed by atoms with Gasteiger partial charge in [0.1, 0.15) is 11.3 Å². The van der Waals surface area contributed by atoms with Gasteiger partial charge in [-0.05, 0) is 42.5 Å². The summed E-state index contributed by atoms with van der Waals surface area (Å²) in [5, 5.41) is 0.365. The number of aromatic nitrogens is 1. The number of methoxy groups -OCH3 is 1. The summed E-state index contributed by atoms with van der Waals surface area (Å²) < 4.78 is 58.0. The lowest BCUT2D eigenvalue weighted by Crippen LogP contribution is -2.13. The number of nitrogens with zero attached hydrogens (tertiary/aromatic N) is 1. The summed E-state index contributed by atoms with van der Waals surface area (Å²) in [6.45, 7) is 0.257. The fourth-order valence-electron chi connectivity index (χ4n) is 2.89. The van der Waals surface area contributed by atoms with E-state index in [1.54, 1.807) is 48.5 Å². The predicted octanol–water partition coefficient (Wildman–Crippen LogP) is 4.95. The Bertz CT molecular complexity index is 1340. The van der Waals surface area contributed by atoms with Crippen LogP contribution >= 0.6 is 11.8 Å². The van der Waals surface area contributed by atoms with E-state index in [0.29, 0.717) is 33.5 Å². The molecule has 0 atom stereocenters. The summed E-state index contributed by atoms with van der Waals surface area (Å²) in [5.41, 5.74) is 1.20. The first-order valence-electron chi connectivity index (χ1n) is 9.53. The van der Waals surface area contributed by atoms with Crippen LogP contribution in [-0.2, 0) is 10.0 Å². The molecule has 0 radical (unpaired) electrons. The lowest BCUT2D eigenvalue weighted by molar-refractivity contribution is 0.324. The Kier molecular flexibility index (Phi) is 6.52. The van der Waals surface area contributed by atoms with Gasteiger partial charge in [-0.25, -0.2) is 17.8 Å². The number of benzene rings is 3. The fourth-order valence-corrected chi connectivity index (χ4v) is 4.63. The highest BCUT2D eigenvalue weighted by molar-refractivity contribution is 7.99. The summed E-state index contributed by atoms with van der Waals surface area (Å²) in [4.78, 5) is 4.38. The number of rotatable bonds is 9. The zero-order valence-corrected chi connectivity index (χ0v) is 18.6. The fraction of sp³-hybridized carbons (Fsp3) is 0.136. The molecule has 3 aromatic carbocycles. The summed E-state index contributed by atoms with van der Waals surface area (Å²) in [6.07, 6.45) is 0. The van der Waals surface area contributed by atoms with Crippen LogP contribution in [0.4, 0.5) is 10.1 Å². The molecule has 166 valence electrons. The molecule has 1 aromatic heterocycles. The van der Waals surface area contributed by atoms with Crippen molar-refractivity contribution < 1.29 is 26.7 Å². The van der Waals surface area contributed by atoms with Crippen LogP contribution < -0.4 is 14.2 Å². The molecule has 4 rings (SSSR count). The lowest BCUT2D eigenvalue weighted by Gasteiger charge is -2.11. The van der Waals surface area contributed by atoms with E-state index in [1.807, 2.05) is 0 Å². The average molecular weight is 475 g/mol. The van der Waals surface area contributed by atoms with Gasteiger partial charge in [0.25, 0.3) is 15.2 Å². The van der Waals surface area contributed by atoms with Crippen molar-refractivity contribution in [3.8, 4) is 11.5 Å². The Hall–Kier alpha value is -3.24. The van der Waals surface area contributed by atoms with Gasteiger partial charge in [-0.1, -0.05) is 36.0 Å². The molecule has 1 heterocycles. The third-order valence-corrected chi connectivity index (χ3v) is 6.56. The van der Waals surface area contributed by atoms with Crippen LogP contribution in [0.5, 0.6) is 11.5 Å². The SMILES string of the molecule is COc1ccccc1NS(=O)(=O)c1ccc2oc(SCCOc3ccccc3F)nc2c1. The summed E-state index contributed by atoms with van der Waals surface area (Å²) in [6, 6.07) is 17.4. The van der Waals surface area contributed by atoms with Crippen LogP contribution in [0.25, 0.3) is 11.1 Å². The van der Waals surface area contributed by atoms with Gasteiger partial charge in [0, 0.05) is 5.75 Å². The second-order valence-electron chi connectivity index (χ2n) is 6.54. The molecule has 0 bridgehead atoms. The van der Waals surface area contributed by atoms with E-state index in [4.69, 9.17) is 13.9 Å². The number of halogens is 1. The number of hydrogen-bond donors (Lipinski definition) is 1.